The van der Waals surface area contributed by atoms with Crippen molar-refractivity contribution in [3.63, 3.8) is 0 Å². The first-order valence-electron chi connectivity index (χ1n) is 6.85. The van der Waals surface area contributed by atoms with Crippen LogP contribution in [-0.2, 0) is 9.84 Å². The highest BCUT2D eigenvalue weighted by Crippen LogP contribution is 2.27. The highest BCUT2D eigenvalue weighted by atomic mass is 32.2. The summed E-state index contributed by atoms with van der Waals surface area (Å²) >= 11 is 0. The molecular weight excluding hydrogens is 300 g/mol. The van der Waals surface area contributed by atoms with Crippen molar-refractivity contribution in [3.05, 3.63) is 24.3 Å². The van der Waals surface area contributed by atoms with Crippen molar-refractivity contribution in [2.45, 2.75) is 43.6 Å². The Bertz CT molecular complexity index is 560. The SMILES string of the molecule is CS(=O)(=O)C1CCCC(Nc2ccc(OC(F)F)cc2)C1. The van der Waals surface area contributed by atoms with Gasteiger partial charge in [-0.2, -0.15) is 8.78 Å². The predicted molar refractivity (Wildman–Crippen MR) is 77.6 cm³/mol. The van der Waals surface area contributed by atoms with Crippen molar-refractivity contribution in [1.29, 1.82) is 0 Å². The summed E-state index contributed by atoms with van der Waals surface area (Å²) in [6, 6.07) is 6.32. The van der Waals surface area contributed by atoms with Gasteiger partial charge in [-0.25, -0.2) is 8.42 Å². The van der Waals surface area contributed by atoms with Crippen molar-refractivity contribution in [3.8, 4) is 5.75 Å². The Morgan fingerprint density at radius 1 is 1.24 bits per heavy atom. The van der Waals surface area contributed by atoms with E-state index in [4.69, 9.17) is 0 Å². The molecule has 2 atom stereocenters. The topological polar surface area (TPSA) is 55.4 Å². The second kappa shape index (κ2) is 6.60. The molecule has 4 nitrogen and oxygen atoms in total. The number of anilines is 1. The molecule has 0 saturated heterocycles. The Balaban J connectivity index is 1.95. The molecule has 1 aliphatic rings. The first-order valence-corrected chi connectivity index (χ1v) is 8.80. The summed E-state index contributed by atoms with van der Waals surface area (Å²) in [7, 11) is -3.01. The van der Waals surface area contributed by atoms with E-state index in [0.717, 1.165) is 18.5 Å². The van der Waals surface area contributed by atoms with Crippen LogP contribution in [0.1, 0.15) is 25.7 Å². The number of hydrogen-bond donors (Lipinski definition) is 1. The van der Waals surface area contributed by atoms with Crippen molar-refractivity contribution >= 4 is 15.5 Å². The molecule has 0 aromatic heterocycles. The van der Waals surface area contributed by atoms with Gasteiger partial charge in [0.2, 0.25) is 0 Å². The standard InChI is InChI=1S/C14H19F2NO3S/c1-21(18,19)13-4-2-3-11(9-13)17-10-5-7-12(8-6-10)20-14(15)16/h5-8,11,13-14,17H,2-4,9H2,1H3. The lowest BCUT2D eigenvalue weighted by Crippen LogP contribution is -2.34. The van der Waals surface area contributed by atoms with Crippen LogP contribution in [0.5, 0.6) is 5.75 Å². The van der Waals surface area contributed by atoms with Gasteiger partial charge in [-0.1, -0.05) is 6.42 Å². The molecule has 21 heavy (non-hydrogen) atoms. The molecule has 118 valence electrons. The second-order valence-electron chi connectivity index (χ2n) is 5.36. The van der Waals surface area contributed by atoms with Gasteiger partial charge in [0.05, 0.1) is 5.25 Å². The van der Waals surface area contributed by atoms with E-state index in [1.165, 1.54) is 18.4 Å². The molecule has 0 spiro atoms. The number of alkyl halides is 2. The molecular formula is C14H19F2NO3S. The molecule has 1 aliphatic carbocycles. The number of rotatable bonds is 5. The minimum atomic E-state index is -3.01. The highest BCUT2D eigenvalue weighted by molar-refractivity contribution is 7.91. The Kier molecular flexibility index (Phi) is 5.03. The van der Waals surface area contributed by atoms with Crippen molar-refractivity contribution in [1.82, 2.24) is 0 Å². The zero-order chi connectivity index (χ0) is 15.5. The molecule has 1 aromatic carbocycles. The van der Waals surface area contributed by atoms with Gasteiger partial charge in [-0.3, -0.25) is 0 Å². The van der Waals surface area contributed by atoms with Gasteiger partial charge in [0.1, 0.15) is 15.6 Å². The minimum Gasteiger partial charge on any atom is -0.435 e. The molecule has 0 radical (unpaired) electrons. The number of halogens is 2. The Morgan fingerprint density at radius 3 is 2.48 bits per heavy atom. The van der Waals surface area contributed by atoms with Gasteiger partial charge >= 0.3 is 6.61 Å². The molecule has 0 bridgehead atoms. The van der Waals surface area contributed by atoms with Gasteiger partial charge < -0.3 is 10.1 Å². The molecule has 1 aromatic rings. The van der Waals surface area contributed by atoms with E-state index in [9.17, 15) is 17.2 Å². The number of hydrogen-bond acceptors (Lipinski definition) is 4. The molecule has 0 aliphatic heterocycles. The quantitative estimate of drug-likeness (QED) is 0.906. The van der Waals surface area contributed by atoms with E-state index < -0.39 is 16.4 Å². The lowest BCUT2D eigenvalue weighted by molar-refractivity contribution is -0.0498. The summed E-state index contributed by atoms with van der Waals surface area (Å²) < 4.78 is 51.6. The van der Waals surface area contributed by atoms with Gasteiger partial charge in [-0.15, -0.1) is 0 Å². The fourth-order valence-electron chi connectivity index (χ4n) is 2.63. The van der Waals surface area contributed by atoms with Gasteiger partial charge in [0.25, 0.3) is 0 Å². The first kappa shape index (κ1) is 16.0. The molecule has 2 unspecified atom stereocenters. The van der Waals surface area contributed by atoms with Crippen LogP contribution in [-0.4, -0.2) is 32.6 Å². The summed E-state index contributed by atoms with van der Waals surface area (Å²) in [5.74, 6) is 0.105. The average molecular weight is 319 g/mol. The van der Waals surface area contributed by atoms with Crippen LogP contribution >= 0.6 is 0 Å². The molecule has 7 heteroatoms. The van der Waals surface area contributed by atoms with Crippen LogP contribution < -0.4 is 10.1 Å². The lowest BCUT2D eigenvalue weighted by atomic mass is 9.95. The molecule has 1 fully saturated rings. The van der Waals surface area contributed by atoms with Gasteiger partial charge in [-0.05, 0) is 43.5 Å². The number of ether oxygens (including phenoxy) is 1. The third-order valence-corrected chi connectivity index (χ3v) is 5.32. The fraction of sp³-hybridized carbons (Fsp3) is 0.571. The average Bonchev–Trinajstić information content (AvgIpc) is 2.40. The maximum absolute atomic E-state index is 12.1. The van der Waals surface area contributed by atoms with Crippen LogP contribution in [0.4, 0.5) is 14.5 Å². The Morgan fingerprint density at radius 2 is 1.90 bits per heavy atom. The third-order valence-electron chi connectivity index (χ3n) is 3.68. The third kappa shape index (κ3) is 4.84. The molecule has 0 heterocycles. The zero-order valence-electron chi connectivity index (χ0n) is 11.8. The number of benzene rings is 1. The summed E-state index contributed by atoms with van der Waals surface area (Å²) in [6.45, 7) is -2.84. The van der Waals surface area contributed by atoms with Crippen LogP contribution in [0.15, 0.2) is 24.3 Å². The molecule has 1 saturated carbocycles. The Hall–Kier alpha value is -1.37. The smallest absolute Gasteiger partial charge is 0.387 e. The van der Waals surface area contributed by atoms with Gasteiger partial charge in [0, 0.05) is 18.0 Å². The largest absolute Gasteiger partial charge is 0.435 e. The van der Waals surface area contributed by atoms with Crippen molar-refractivity contribution in [2.75, 3.05) is 11.6 Å². The second-order valence-corrected chi connectivity index (χ2v) is 7.69. The van der Waals surface area contributed by atoms with Crippen LogP contribution in [0.3, 0.4) is 0 Å². The van der Waals surface area contributed by atoms with E-state index in [1.54, 1.807) is 12.1 Å². The molecule has 2 rings (SSSR count). The summed E-state index contributed by atoms with van der Waals surface area (Å²) in [6.07, 6.45) is 4.33. The fourth-order valence-corrected chi connectivity index (χ4v) is 3.81. The number of nitrogens with one attached hydrogen (secondary N) is 1. The van der Waals surface area contributed by atoms with E-state index >= 15 is 0 Å². The van der Waals surface area contributed by atoms with Crippen molar-refractivity contribution < 1.29 is 21.9 Å². The maximum atomic E-state index is 12.1. The number of sulfone groups is 1. The summed E-state index contributed by atoms with van der Waals surface area (Å²) in [4.78, 5) is 0. The van der Waals surface area contributed by atoms with E-state index in [0.29, 0.717) is 12.8 Å². The van der Waals surface area contributed by atoms with Crippen LogP contribution in [0.25, 0.3) is 0 Å². The van der Waals surface area contributed by atoms with E-state index in [-0.39, 0.29) is 17.0 Å². The summed E-state index contributed by atoms with van der Waals surface area (Å²) in [5.41, 5.74) is 0.774. The highest BCUT2D eigenvalue weighted by Gasteiger charge is 2.28. The molecule has 0 amide bonds. The molecule has 1 N–H and O–H groups in total. The van der Waals surface area contributed by atoms with E-state index in [2.05, 4.69) is 10.1 Å². The lowest BCUT2D eigenvalue weighted by Gasteiger charge is -2.29. The normalized spacial score (nSPS) is 23.0. The van der Waals surface area contributed by atoms with Crippen molar-refractivity contribution in [2.24, 2.45) is 0 Å². The van der Waals surface area contributed by atoms with E-state index in [1.807, 2.05) is 0 Å². The monoisotopic (exact) mass is 319 g/mol. The Labute approximate surface area is 123 Å². The first-order chi connectivity index (χ1) is 9.84. The minimum absolute atomic E-state index is 0.0837. The van der Waals surface area contributed by atoms with Crippen LogP contribution in [0, 0.1) is 0 Å². The van der Waals surface area contributed by atoms with Gasteiger partial charge in [0.15, 0.2) is 0 Å². The summed E-state index contributed by atoms with van der Waals surface area (Å²) in [5, 5.41) is 2.96. The zero-order valence-corrected chi connectivity index (χ0v) is 12.6. The predicted octanol–water partition coefficient (Wildman–Crippen LogP) is 3.06. The van der Waals surface area contributed by atoms with Crippen LogP contribution in [0.2, 0.25) is 0 Å². The maximum Gasteiger partial charge on any atom is 0.387 e.